The van der Waals surface area contributed by atoms with Gasteiger partial charge in [-0.1, -0.05) is 13.2 Å². The molecule has 40 valence electrons. The van der Waals surface area contributed by atoms with Crippen LogP contribution in [0.15, 0.2) is 25.6 Å². The van der Waals surface area contributed by atoms with Gasteiger partial charge in [0.2, 0.25) is 0 Å². The topological polar surface area (TPSA) is 3.24 Å². The van der Waals surface area contributed by atoms with Crippen molar-refractivity contribution in [3.05, 3.63) is 25.6 Å². The summed E-state index contributed by atoms with van der Waals surface area (Å²) in [7, 11) is 0. The maximum atomic E-state index is 3.56. The van der Waals surface area contributed by atoms with E-state index in [9.17, 15) is 0 Å². The second-order valence-electron chi connectivity index (χ2n) is 1.20. The fraction of sp³-hybridized carbons (Fsp3) is 0.333. The summed E-state index contributed by atoms with van der Waals surface area (Å²) < 4.78 is 0. The van der Waals surface area contributed by atoms with Crippen molar-refractivity contribution in [2.24, 2.45) is 0 Å². The van der Waals surface area contributed by atoms with E-state index >= 15 is 0 Å². The van der Waals surface area contributed by atoms with E-state index in [-0.39, 0.29) is 0 Å². The molecule has 0 fully saturated rings. The molecule has 0 atom stereocenters. The van der Waals surface area contributed by atoms with Gasteiger partial charge in [0.1, 0.15) is 0 Å². The van der Waals surface area contributed by atoms with Gasteiger partial charge in [0.25, 0.3) is 0 Å². The van der Waals surface area contributed by atoms with Gasteiger partial charge < -0.3 is 4.90 Å². The molecule has 0 bridgehead atoms. The molecule has 0 saturated carbocycles. The molecule has 1 heteroatoms. The molecule has 0 aromatic carbocycles. The van der Waals surface area contributed by atoms with Crippen LogP contribution in [0.25, 0.3) is 0 Å². The molecule has 0 aromatic rings. The molecular weight excluding hydrogens is 86.1 g/mol. The third kappa shape index (κ3) is 2.04. The lowest BCUT2D eigenvalue weighted by atomic mass is 10.6. The summed E-state index contributed by atoms with van der Waals surface area (Å²) in [5.41, 5.74) is 0. The highest BCUT2D eigenvalue weighted by Crippen LogP contribution is 1.83. The minimum atomic E-state index is 0.951. The van der Waals surface area contributed by atoms with Gasteiger partial charge in [0.05, 0.1) is 0 Å². The molecule has 0 aliphatic rings. The maximum Gasteiger partial charge on any atom is 0.0190 e. The van der Waals surface area contributed by atoms with Crippen molar-refractivity contribution in [2.45, 2.75) is 6.92 Å². The first kappa shape index (κ1) is 6.28. The highest BCUT2D eigenvalue weighted by molar-refractivity contribution is 4.78. The number of hydrogen-bond acceptors (Lipinski definition) is 1. The van der Waals surface area contributed by atoms with Crippen LogP contribution in [0.2, 0.25) is 0 Å². The summed E-state index contributed by atoms with van der Waals surface area (Å²) in [6.45, 7) is 10.1. The Balaban J connectivity index is 3.36. The molecule has 0 aliphatic heterocycles. The zero-order valence-electron chi connectivity index (χ0n) is 4.72. The molecule has 0 radical (unpaired) electrons. The van der Waals surface area contributed by atoms with E-state index in [1.807, 2.05) is 11.8 Å². The molecule has 0 rings (SSSR count). The summed E-state index contributed by atoms with van der Waals surface area (Å²) in [4.78, 5) is 1.90. The lowest BCUT2D eigenvalue weighted by Gasteiger charge is -2.08. The second kappa shape index (κ2) is 3.47. The molecule has 0 aliphatic carbocycles. The Morgan fingerprint density at radius 1 is 1.43 bits per heavy atom. The Hall–Kier alpha value is -0.720. The third-order valence-corrected chi connectivity index (χ3v) is 0.834. The van der Waals surface area contributed by atoms with Crippen LogP contribution in [0.1, 0.15) is 6.92 Å². The first-order chi connectivity index (χ1) is 3.35. The van der Waals surface area contributed by atoms with Crippen molar-refractivity contribution < 1.29 is 0 Å². The first-order valence-corrected chi connectivity index (χ1v) is 2.36. The number of nitrogens with zero attached hydrogens (tertiary/aromatic N) is 1. The standard InChI is InChI=1S/C6H11N/c1-4-7(5-2)6-3/h4-5H,1-2,6H2,3H3. The van der Waals surface area contributed by atoms with Gasteiger partial charge in [-0.25, -0.2) is 0 Å². The zero-order chi connectivity index (χ0) is 5.70. The summed E-state index contributed by atoms with van der Waals surface area (Å²) in [5, 5.41) is 0. The summed E-state index contributed by atoms with van der Waals surface area (Å²) >= 11 is 0. The molecule has 0 amide bonds. The molecule has 0 unspecified atom stereocenters. The van der Waals surface area contributed by atoms with Crippen molar-refractivity contribution in [3.8, 4) is 0 Å². The van der Waals surface area contributed by atoms with Crippen molar-refractivity contribution in [2.75, 3.05) is 6.54 Å². The Morgan fingerprint density at radius 3 is 1.86 bits per heavy atom. The minimum Gasteiger partial charge on any atom is -0.356 e. The van der Waals surface area contributed by atoms with E-state index in [0.717, 1.165) is 6.54 Å². The van der Waals surface area contributed by atoms with Crippen LogP contribution >= 0.6 is 0 Å². The van der Waals surface area contributed by atoms with Gasteiger partial charge in [0, 0.05) is 6.54 Å². The zero-order valence-corrected chi connectivity index (χ0v) is 4.72. The molecule has 1 nitrogen and oxygen atoms in total. The average molecular weight is 97.2 g/mol. The molecule has 0 N–H and O–H groups in total. The van der Waals surface area contributed by atoms with E-state index in [2.05, 4.69) is 13.2 Å². The number of rotatable bonds is 3. The fourth-order valence-corrected chi connectivity index (χ4v) is 0.333. The van der Waals surface area contributed by atoms with E-state index < -0.39 is 0 Å². The summed E-state index contributed by atoms with van der Waals surface area (Å²) in [6.07, 6.45) is 3.49. The molecule has 7 heavy (non-hydrogen) atoms. The Bertz CT molecular complexity index is 58.6. The lowest BCUT2D eigenvalue weighted by Crippen LogP contribution is -2.05. The lowest BCUT2D eigenvalue weighted by molar-refractivity contribution is 0.540. The van der Waals surface area contributed by atoms with Gasteiger partial charge in [0.15, 0.2) is 0 Å². The van der Waals surface area contributed by atoms with Crippen molar-refractivity contribution in [1.82, 2.24) is 4.90 Å². The number of hydrogen-bond donors (Lipinski definition) is 0. The van der Waals surface area contributed by atoms with Crippen LogP contribution in [0.4, 0.5) is 0 Å². The van der Waals surface area contributed by atoms with Crippen LogP contribution in [0, 0.1) is 0 Å². The highest BCUT2D eigenvalue weighted by atomic mass is 15.1. The predicted octanol–water partition coefficient (Wildman–Crippen LogP) is 1.60. The third-order valence-electron chi connectivity index (χ3n) is 0.834. The molecule has 0 heterocycles. The monoisotopic (exact) mass is 97.1 g/mol. The van der Waals surface area contributed by atoms with Crippen molar-refractivity contribution in [1.29, 1.82) is 0 Å². The van der Waals surface area contributed by atoms with Gasteiger partial charge in [-0.15, -0.1) is 0 Å². The van der Waals surface area contributed by atoms with Crippen molar-refractivity contribution >= 4 is 0 Å². The van der Waals surface area contributed by atoms with E-state index in [0.29, 0.717) is 0 Å². The van der Waals surface area contributed by atoms with Gasteiger partial charge >= 0.3 is 0 Å². The van der Waals surface area contributed by atoms with Crippen LogP contribution in [0.5, 0.6) is 0 Å². The van der Waals surface area contributed by atoms with Crippen LogP contribution in [-0.4, -0.2) is 11.4 Å². The summed E-state index contributed by atoms with van der Waals surface area (Å²) in [5.74, 6) is 0. The van der Waals surface area contributed by atoms with Crippen LogP contribution in [-0.2, 0) is 0 Å². The Labute approximate surface area is 44.9 Å². The van der Waals surface area contributed by atoms with Crippen LogP contribution in [0.3, 0.4) is 0 Å². The fourth-order valence-electron chi connectivity index (χ4n) is 0.333. The average Bonchev–Trinajstić information content (AvgIpc) is 1.72. The van der Waals surface area contributed by atoms with Crippen molar-refractivity contribution in [3.63, 3.8) is 0 Å². The van der Waals surface area contributed by atoms with E-state index in [1.54, 1.807) is 12.4 Å². The first-order valence-electron chi connectivity index (χ1n) is 2.36. The predicted molar refractivity (Wildman–Crippen MR) is 32.8 cm³/mol. The maximum absolute atomic E-state index is 3.56. The Kier molecular flexibility index (Phi) is 3.11. The van der Waals surface area contributed by atoms with Gasteiger partial charge in [-0.3, -0.25) is 0 Å². The van der Waals surface area contributed by atoms with E-state index in [4.69, 9.17) is 0 Å². The smallest absolute Gasteiger partial charge is 0.0190 e. The molecule has 0 saturated heterocycles. The SMILES string of the molecule is C=CN(C=C)CC. The quantitative estimate of drug-likeness (QED) is 0.517. The van der Waals surface area contributed by atoms with E-state index in [1.165, 1.54) is 0 Å². The van der Waals surface area contributed by atoms with Gasteiger partial charge in [-0.05, 0) is 19.3 Å². The molecule has 0 aromatic heterocycles. The minimum absolute atomic E-state index is 0.951. The summed E-state index contributed by atoms with van der Waals surface area (Å²) in [6, 6.07) is 0. The largest absolute Gasteiger partial charge is 0.356 e. The Morgan fingerprint density at radius 2 is 1.86 bits per heavy atom. The van der Waals surface area contributed by atoms with Crippen LogP contribution < -0.4 is 0 Å². The molecular formula is C6H11N. The molecule has 0 spiro atoms. The van der Waals surface area contributed by atoms with Gasteiger partial charge in [-0.2, -0.15) is 0 Å². The highest BCUT2D eigenvalue weighted by Gasteiger charge is 1.79. The normalized spacial score (nSPS) is 7.57. The second-order valence-corrected chi connectivity index (χ2v) is 1.20.